The number of benzene rings is 3. The van der Waals surface area contributed by atoms with Crippen LogP contribution in [0.5, 0.6) is 0 Å². The normalized spacial score (nSPS) is 18.2. The molecule has 3 aromatic carbocycles. The van der Waals surface area contributed by atoms with Crippen molar-refractivity contribution in [1.29, 1.82) is 0 Å². The number of aryl methyl sites for hydroxylation is 3. The molecule has 1 saturated heterocycles. The lowest BCUT2D eigenvalue weighted by Crippen LogP contribution is -2.33. The van der Waals surface area contributed by atoms with Crippen molar-refractivity contribution in [2.24, 2.45) is 37.8 Å². The summed E-state index contributed by atoms with van der Waals surface area (Å²) in [6.07, 6.45) is 16.9. The van der Waals surface area contributed by atoms with Crippen molar-refractivity contribution < 1.29 is 13.0 Å². The summed E-state index contributed by atoms with van der Waals surface area (Å²) in [5, 5.41) is 13.2. The molecule has 0 saturated carbocycles. The van der Waals surface area contributed by atoms with E-state index < -0.39 is 21.4 Å². The molecule has 1 aliphatic heterocycles. The molecular weight excluding hydrogens is 923 g/mol. The minimum atomic E-state index is -3.63. The second kappa shape index (κ2) is 23.4. The maximum Gasteiger partial charge on any atom is 0.346 e. The van der Waals surface area contributed by atoms with Crippen LogP contribution in [0.15, 0.2) is 125 Å². The third-order valence-corrected chi connectivity index (χ3v) is 17.1. The SMILES string of the molecule is Cc1c(NS(=O)c2ccc(CCC(c3cc(CNCCc4ccccn4)cc(-c4ccc([S+](=O)(O)Nc5c(CC(C)C)nn(C)c5C)cc4)c3)C3CCN(C)CC3)cc2)c(CC2C=CC=CC2C)nn1C. The summed E-state index contributed by atoms with van der Waals surface area (Å²) < 4.78 is 49.4. The molecule has 0 spiro atoms. The molecule has 4 heterocycles. The second-order valence-electron chi connectivity index (χ2n) is 20.3. The number of hydrogen-bond donors (Lipinski definition) is 4. The minimum absolute atomic E-state index is 0.304. The van der Waals surface area contributed by atoms with Crippen molar-refractivity contribution in [3.05, 3.63) is 161 Å². The van der Waals surface area contributed by atoms with E-state index in [4.69, 9.17) is 5.10 Å². The van der Waals surface area contributed by atoms with Crippen LogP contribution in [0.3, 0.4) is 0 Å². The Morgan fingerprint density at radius 2 is 1.52 bits per heavy atom. The fourth-order valence-electron chi connectivity index (χ4n) is 10.1. The van der Waals surface area contributed by atoms with E-state index in [-0.39, 0.29) is 0 Å². The number of likely N-dealkylation sites (tertiary alicyclic amines) is 1. The van der Waals surface area contributed by atoms with E-state index in [9.17, 15) is 13.0 Å². The standard InChI is InChI=1S/C57H73N9O3S2/c1-39(2)33-54-57(42(5)66(8)60-54)63-71(68,69)52-23-19-45(20-24-52)48-34-44(38-58-30-26-50-15-11-12-29-59-50)35-49(36-48)53(46-27-31-64(6)32-28-46)25-18-43-16-21-51(22-17-43)70(67)62-56-41(4)65(7)61-55(56)37-47-14-10-9-13-40(47)3/h9-17,19-24,29,34-36,39-40,46-47,53,58,62H,18,25-28,30-33,37-38H2,1-8H3,(H-,63,68,69)/p+1. The van der Waals surface area contributed by atoms with E-state index in [1.54, 1.807) is 16.8 Å². The summed E-state index contributed by atoms with van der Waals surface area (Å²) in [6, 6.07) is 28.9. The summed E-state index contributed by atoms with van der Waals surface area (Å²) in [5.74, 6) is 1.90. The van der Waals surface area contributed by atoms with Crippen LogP contribution >= 0.6 is 0 Å². The zero-order chi connectivity index (χ0) is 50.2. The fourth-order valence-corrected chi connectivity index (χ4v) is 12.2. The molecule has 2 aliphatic rings. The van der Waals surface area contributed by atoms with Gasteiger partial charge in [0.15, 0.2) is 0 Å². The van der Waals surface area contributed by atoms with Crippen molar-refractivity contribution >= 4 is 32.8 Å². The van der Waals surface area contributed by atoms with Crippen molar-refractivity contribution in [2.45, 2.75) is 102 Å². The van der Waals surface area contributed by atoms with Gasteiger partial charge < -0.3 is 10.2 Å². The van der Waals surface area contributed by atoms with E-state index in [0.29, 0.717) is 53.1 Å². The lowest BCUT2D eigenvalue weighted by Gasteiger charge is -2.35. The van der Waals surface area contributed by atoms with Crippen LogP contribution in [-0.2, 0) is 71.9 Å². The Morgan fingerprint density at radius 3 is 2.21 bits per heavy atom. The highest BCUT2D eigenvalue weighted by molar-refractivity contribution is 7.99. The van der Waals surface area contributed by atoms with Crippen LogP contribution in [-0.4, -0.2) is 64.9 Å². The zero-order valence-corrected chi connectivity index (χ0v) is 44.5. The van der Waals surface area contributed by atoms with Gasteiger partial charge >= 0.3 is 10.4 Å². The quantitative estimate of drug-likeness (QED) is 0.0413. The first kappa shape index (κ1) is 51.8. The van der Waals surface area contributed by atoms with Gasteiger partial charge in [-0.1, -0.05) is 75.4 Å². The molecule has 6 aromatic rings. The van der Waals surface area contributed by atoms with Gasteiger partial charge in [0, 0.05) is 51.9 Å². The Balaban J connectivity index is 1.03. The largest absolute Gasteiger partial charge is 0.346 e. The molecule has 376 valence electrons. The summed E-state index contributed by atoms with van der Waals surface area (Å²) in [5.41, 5.74) is 11.9. The van der Waals surface area contributed by atoms with Gasteiger partial charge in [0.05, 0.1) is 33.4 Å². The molecule has 0 radical (unpaired) electrons. The van der Waals surface area contributed by atoms with E-state index in [0.717, 1.165) is 108 Å². The molecule has 1 fully saturated rings. The van der Waals surface area contributed by atoms with Crippen LogP contribution in [0.2, 0.25) is 0 Å². The van der Waals surface area contributed by atoms with E-state index in [2.05, 4.69) is 118 Å². The van der Waals surface area contributed by atoms with Gasteiger partial charge in [-0.15, -0.1) is 0 Å². The van der Waals surface area contributed by atoms with E-state index in [1.165, 1.54) is 16.7 Å². The molecule has 5 unspecified atom stereocenters. The Kier molecular flexibility index (Phi) is 17.1. The van der Waals surface area contributed by atoms with Gasteiger partial charge in [0.2, 0.25) is 4.90 Å². The maximum absolute atomic E-state index is 14.0. The van der Waals surface area contributed by atoms with E-state index >= 15 is 0 Å². The number of allylic oxidation sites excluding steroid dienone is 4. The number of piperidine rings is 1. The van der Waals surface area contributed by atoms with Crippen molar-refractivity contribution in [2.75, 3.05) is 36.1 Å². The Morgan fingerprint density at radius 1 is 0.817 bits per heavy atom. The molecule has 5 atom stereocenters. The number of nitrogens with one attached hydrogen (secondary N) is 3. The molecule has 12 nitrogen and oxygen atoms in total. The van der Waals surface area contributed by atoms with Gasteiger partial charge in [0.1, 0.15) is 16.7 Å². The third kappa shape index (κ3) is 13.1. The molecule has 4 N–H and O–H groups in total. The predicted octanol–water partition coefficient (Wildman–Crippen LogP) is 10.8. The summed E-state index contributed by atoms with van der Waals surface area (Å²) >= 11 is 0. The predicted molar refractivity (Wildman–Crippen MR) is 291 cm³/mol. The van der Waals surface area contributed by atoms with Gasteiger partial charge in [-0.3, -0.25) is 19.1 Å². The Hall–Kier alpha value is -5.51. The van der Waals surface area contributed by atoms with Crippen LogP contribution in [0.1, 0.15) is 91.1 Å². The lowest BCUT2D eigenvalue weighted by molar-refractivity contribution is 0.194. The molecule has 8 rings (SSSR count). The van der Waals surface area contributed by atoms with Gasteiger partial charge in [-0.25, -0.2) is 4.21 Å². The van der Waals surface area contributed by atoms with Gasteiger partial charge in [0.25, 0.3) is 0 Å². The molecule has 0 bridgehead atoms. The number of aromatic nitrogens is 5. The highest BCUT2D eigenvalue weighted by Gasteiger charge is 2.33. The summed E-state index contributed by atoms with van der Waals surface area (Å²) in [4.78, 5) is 8.02. The average molecular weight is 997 g/mol. The fraction of sp³-hybridized carbons (Fsp3) is 0.421. The second-order valence-corrected chi connectivity index (χ2v) is 23.3. The van der Waals surface area contributed by atoms with Crippen LogP contribution in [0.25, 0.3) is 11.1 Å². The smallest absolute Gasteiger partial charge is 0.312 e. The topological polar surface area (TPSA) is 142 Å². The number of pyridine rings is 1. The van der Waals surface area contributed by atoms with Crippen LogP contribution in [0, 0.1) is 37.5 Å². The number of rotatable bonds is 21. The maximum atomic E-state index is 14.0. The van der Waals surface area contributed by atoms with Crippen LogP contribution in [0.4, 0.5) is 11.4 Å². The molecule has 0 amide bonds. The molecular formula is C57H74N9O3S2+. The number of hydrogen-bond acceptors (Lipinski definition) is 7. The number of nitrogens with zero attached hydrogens (tertiary/aromatic N) is 6. The van der Waals surface area contributed by atoms with E-state index in [1.807, 2.05) is 75.2 Å². The molecule has 14 heteroatoms. The molecule has 71 heavy (non-hydrogen) atoms. The van der Waals surface area contributed by atoms with Crippen molar-refractivity contribution in [1.82, 2.24) is 34.8 Å². The lowest BCUT2D eigenvalue weighted by atomic mass is 9.76. The number of anilines is 2. The highest BCUT2D eigenvalue weighted by atomic mass is 32.3. The van der Waals surface area contributed by atoms with Gasteiger partial charge in [-0.2, -0.15) is 19.5 Å². The summed E-state index contributed by atoms with van der Waals surface area (Å²) in [7, 11) is 0.937. The summed E-state index contributed by atoms with van der Waals surface area (Å²) in [6.45, 7) is 14.0. The zero-order valence-electron chi connectivity index (χ0n) is 42.9. The van der Waals surface area contributed by atoms with Gasteiger partial charge in [-0.05, 0) is 182 Å². The minimum Gasteiger partial charge on any atom is -0.312 e. The Bertz CT molecular complexity index is 2860. The first-order valence-corrected chi connectivity index (χ1v) is 28.0. The average Bonchev–Trinajstić information content (AvgIpc) is 3.77. The molecule has 1 aliphatic carbocycles. The third-order valence-electron chi connectivity index (χ3n) is 14.6. The Labute approximate surface area is 425 Å². The van der Waals surface area contributed by atoms with Crippen molar-refractivity contribution in [3.63, 3.8) is 0 Å². The van der Waals surface area contributed by atoms with Crippen LogP contribution < -0.4 is 14.8 Å². The first-order valence-electron chi connectivity index (χ1n) is 25.4. The molecule has 3 aromatic heterocycles. The first-order chi connectivity index (χ1) is 34.1. The monoisotopic (exact) mass is 997 g/mol. The van der Waals surface area contributed by atoms with Crippen molar-refractivity contribution in [3.8, 4) is 11.1 Å². The highest BCUT2D eigenvalue weighted by Crippen LogP contribution is 2.39.